The first-order chi connectivity index (χ1) is 7.27. The van der Waals surface area contributed by atoms with Crippen molar-refractivity contribution in [2.24, 2.45) is 0 Å². The Morgan fingerprint density at radius 3 is 3.13 bits per heavy atom. The van der Waals surface area contributed by atoms with Gasteiger partial charge in [0.1, 0.15) is 5.82 Å². The maximum atomic E-state index is 13.1. The summed E-state index contributed by atoms with van der Waals surface area (Å²) in [6.45, 7) is 2.59. The number of aromatic nitrogens is 1. The van der Waals surface area contributed by atoms with Crippen LogP contribution >= 0.6 is 11.6 Å². The first kappa shape index (κ1) is 9.19. The number of halogens is 2. The average molecular weight is 225 g/mol. The zero-order chi connectivity index (χ0) is 10.4. The van der Waals surface area contributed by atoms with E-state index in [0.29, 0.717) is 5.02 Å². The van der Waals surface area contributed by atoms with Crippen LogP contribution in [0.15, 0.2) is 18.2 Å². The number of rotatable bonds is 0. The highest BCUT2D eigenvalue weighted by atomic mass is 35.5. The molecular weight excluding hydrogens is 215 g/mol. The normalized spacial score (nSPS) is 15.6. The molecule has 0 unspecified atom stereocenters. The van der Waals surface area contributed by atoms with Crippen molar-refractivity contribution in [2.75, 3.05) is 6.54 Å². The van der Waals surface area contributed by atoms with Gasteiger partial charge < -0.3 is 9.88 Å². The highest BCUT2D eigenvalue weighted by Crippen LogP contribution is 2.32. The SMILES string of the molecule is Fc1ccc2c(c1)c(Cl)c1n2CCNC1. The molecule has 0 bridgehead atoms. The topological polar surface area (TPSA) is 17.0 Å². The van der Waals surface area contributed by atoms with Crippen molar-refractivity contribution in [2.45, 2.75) is 13.1 Å². The zero-order valence-electron chi connectivity index (χ0n) is 8.06. The molecule has 0 saturated heterocycles. The molecule has 0 saturated carbocycles. The van der Waals surface area contributed by atoms with Crippen LogP contribution < -0.4 is 5.32 Å². The minimum Gasteiger partial charge on any atom is -0.341 e. The Hall–Kier alpha value is -1.06. The van der Waals surface area contributed by atoms with Gasteiger partial charge in [-0.2, -0.15) is 0 Å². The van der Waals surface area contributed by atoms with Crippen LogP contribution in [0.3, 0.4) is 0 Å². The lowest BCUT2D eigenvalue weighted by Crippen LogP contribution is -2.27. The Labute approximate surface area is 91.6 Å². The van der Waals surface area contributed by atoms with Crippen LogP contribution in [0.25, 0.3) is 10.9 Å². The summed E-state index contributed by atoms with van der Waals surface area (Å²) in [7, 11) is 0. The summed E-state index contributed by atoms with van der Waals surface area (Å²) < 4.78 is 15.3. The van der Waals surface area contributed by atoms with Crippen molar-refractivity contribution in [3.8, 4) is 0 Å². The quantitative estimate of drug-likeness (QED) is 0.728. The molecule has 1 aromatic heterocycles. The summed E-state index contributed by atoms with van der Waals surface area (Å²) >= 11 is 6.22. The van der Waals surface area contributed by atoms with Crippen molar-refractivity contribution < 1.29 is 4.39 Å². The number of benzene rings is 1. The van der Waals surface area contributed by atoms with E-state index in [-0.39, 0.29) is 5.82 Å². The second-order valence-corrected chi connectivity index (χ2v) is 4.13. The molecule has 78 valence electrons. The minimum absolute atomic E-state index is 0.236. The molecule has 0 fully saturated rings. The molecule has 3 rings (SSSR count). The van der Waals surface area contributed by atoms with E-state index in [2.05, 4.69) is 9.88 Å². The van der Waals surface area contributed by atoms with Crippen LogP contribution in [0.2, 0.25) is 5.02 Å². The van der Waals surface area contributed by atoms with Crippen molar-refractivity contribution in [3.05, 3.63) is 34.7 Å². The second kappa shape index (κ2) is 3.22. The lowest BCUT2D eigenvalue weighted by atomic mass is 10.2. The van der Waals surface area contributed by atoms with Gasteiger partial charge in [-0.25, -0.2) is 4.39 Å². The molecule has 2 nitrogen and oxygen atoms in total. The van der Waals surface area contributed by atoms with Crippen LogP contribution in [0, 0.1) is 5.82 Å². The van der Waals surface area contributed by atoms with Gasteiger partial charge >= 0.3 is 0 Å². The van der Waals surface area contributed by atoms with E-state index in [9.17, 15) is 4.39 Å². The van der Waals surface area contributed by atoms with Crippen LogP contribution in [0.1, 0.15) is 5.69 Å². The van der Waals surface area contributed by atoms with E-state index >= 15 is 0 Å². The van der Waals surface area contributed by atoms with Crippen molar-refractivity contribution in [1.82, 2.24) is 9.88 Å². The highest BCUT2D eigenvalue weighted by Gasteiger charge is 2.18. The first-order valence-electron chi connectivity index (χ1n) is 4.94. The van der Waals surface area contributed by atoms with Crippen molar-refractivity contribution in [3.63, 3.8) is 0 Å². The molecule has 1 aliphatic heterocycles. The van der Waals surface area contributed by atoms with Gasteiger partial charge in [-0.3, -0.25) is 0 Å². The number of hydrogen-bond acceptors (Lipinski definition) is 1. The van der Waals surface area contributed by atoms with E-state index in [4.69, 9.17) is 11.6 Å². The van der Waals surface area contributed by atoms with Gasteiger partial charge in [-0.1, -0.05) is 11.6 Å². The lowest BCUT2D eigenvalue weighted by molar-refractivity contribution is 0.527. The highest BCUT2D eigenvalue weighted by molar-refractivity contribution is 6.36. The maximum absolute atomic E-state index is 13.1. The lowest BCUT2D eigenvalue weighted by Gasteiger charge is -2.17. The minimum atomic E-state index is -0.236. The molecule has 0 aliphatic carbocycles. The molecule has 15 heavy (non-hydrogen) atoms. The Bertz CT molecular complexity index is 533. The number of nitrogens with one attached hydrogen (secondary N) is 1. The predicted octanol–water partition coefficient (Wildman–Crippen LogP) is 2.54. The van der Waals surface area contributed by atoms with E-state index in [1.807, 2.05) is 0 Å². The summed E-state index contributed by atoms with van der Waals surface area (Å²) in [5, 5.41) is 4.75. The molecule has 2 aromatic rings. The number of hydrogen-bond donors (Lipinski definition) is 1. The molecule has 0 amide bonds. The number of fused-ring (bicyclic) bond motifs is 3. The smallest absolute Gasteiger partial charge is 0.124 e. The third-order valence-electron chi connectivity index (χ3n) is 2.87. The van der Waals surface area contributed by atoms with Crippen molar-refractivity contribution in [1.29, 1.82) is 0 Å². The first-order valence-corrected chi connectivity index (χ1v) is 5.32. The fraction of sp³-hybridized carbons (Fsp3) is 0.273. The van der Waals surface area contributed by atoms with Crippen LogP contribution in [0.5, 0.6) is 0 Å². The van der Waals surface area contributed by atoms with Gasteiger partial charge in [-0.05, 0) is 18.2 Å². The van der Waals surface area contributed by atoms with Gasteiger partial charge in [0, 0.05) is 25.0 Å². The molecule has 1 aliphatic rings. The van der Waals surface area contributed by atoms with E-state index < -0.39 is 0 Å². The average Bonchev–Trinajstić information content (AvgIpc) is 2.54. The fourth-order valence-corrected chi connectivity index (χ4v) is 2.49. The van der Waals surface area contributed by atoms with E-state index in [0.717, 1.165) is 36.2 Å². The molecule has 0 spiro atoms. The Morgan fingerprint density at radius 1 is 1.40 bits per heavy atom. The standard InChI is InChI=1S/C11H10ClFN2/c12-11-8-5-7(13)1-2-9(8)15-4-3-14-6-10(11)15/h1-2,5,14H,3-4,6H2. The molecule has 4 heteroatoms. The Kier molecular flexibility index (Phi) is 1.97. The van der Waals surface area contributed by atoms with Gasteiger partial charge in [0.05, 0.1) is 16.2 Å². The summed E-state index contributed by atoms with van der Waals surface area (Å²) in [6, 6.07) is 4.78. The fourth-order valence-electron chi connectivity index (χ4n) is 2.16. The van der Waals surface area contributed by atoms with Gasteiger partial charge in [0.2, 0.25) is 0 Å². The van der Waals surface area contributed by atoms with Crippen molar-refractivity contribution >= 4 is 22.5 Å². The van der Waals surface area contributed by atoms with Gasteiger partial charge in [0.25, 0.3) is 0 Å². The van der Waals surface area contributed by atoms with Gasteiger partial charge in [0.15, 0.2) is 0 Å². The molecule has 0 radical (unpaired) electrons. The predicted molar refractivity (Wildman–Crippen MR) is 58.6 cm³/mol. The zero-order valence-corrected chi connectivity index (χ0v) is 8.81. The largest absolute Gasteiger partial charge is 0.341 e. The third-order valence-corrected chi connectivity index (χ3v) is 3.29. The molecule has 2 heterocycles. The number of nitrogens with zero attached hydrogens (tertiary/aromatic N) is 1. The van der Waals surface area contributed by atoms with Gasteiger partial charge in [-0.15, -0.1) is 0 Å². The monoisotopic (exact) mass is 224 g/mol. The van der Waals surface area contributed by atoms with Crippen LogP contribution in [0.4, 0.5) is 4.39 Å². The van der Waals surface area contributed by atoms with E-state index in [1.165, 1.54) is 12.1 Å². The maximum Gasteiger partial charge on any atom is 0.124 e. The molecule has 0 atom stereocenters. The third kappa shape index (κ3) is 1.27. The molecular formula is C11H10ClFN2. The van der Waals surface area contributed by atoms with Crippen LogP contribution in [-0.2, 0) is 13.1 Å². The Balaban J connectivity index is 2.38. The van der Waals surface area contributed by atoms with Crippen LogP contribution in [-0.4, -0.2) is 11.1 Å². The summed E-state index contributed by atoms with van der Waals surface area (Å²) in [5.74, 6) is -0.236. The van der Waals surface area contributed by atoms with E-state index in [1.54, 1.807) is 6.07 Å². The second-order valence-electron chi connectivity index (χ2n) is 3.75. The summed E-state index contributed by atoms with van der Waals surface area (Å²) in [6.07, 6.45) is 0. The molecule has 1 aromatic carbocycles. The Morgan fingerprint density at radius 2 is 2.27 bits per heavy atom. The summed E-state index contributed by atoms with van der Waals surface area (Å²) in [4.78, 5) is 0. The summed E-state index contributed by atoms with van der Waals surface area (Å²) in [5.41, 5.74) is 2.08. The molecule has 1 N–H and O–H groups in total.